The smallest absolute Gasteiger partial charge is 0.189 e. The van der Waals surface area contributed by atoms with Gasteiger partial charge in [0.1, 0.15) is 17.4 Å². The number of ketones is 1. The minimum absolute atomic E-state index is 0.161. The molecule has 4 nitrogen and oxygen atoms in total. The van der Waals surface area contributed by atoms with E-state index in [4.69, 9.17) is 14.2 Å². The van der Waals surface area contributed by atoms with Gasteiger partial charge in [-0.1, -0.05) is 23.9 Å². The average molecular weight is 346 g/mol. The molecule has 0 aromatic heterocycles. The monoisotopic (exact) mass is 346 g/mol. The van der Waals surface area contributed by atoms with Gasteiger partial charge < -0.3 is 14.2 Å². The Balaban J connectivity index is 1.86. The lowest BCUT2D eigenvalue weighted by Crippen LogP contribution is -2.00. The molecule has 0 fully saturated rings. The van der Waals surface area contributed by atoms with Crippen LogP contribution >= 0.6 is 11.8 Å². The summed E-state index contributed by atoms with van der Waals surface area (Å²) in [6, 6.07) is 7.96. The van der Waals surface area contributed by atoms with Crippen LogP contribution in [0.15, 0.2) is 41.3 Å². The molecule has 0 saturated heterocycles. The first-order valence-electron chi connectivity index (χ1n) is 7.16. The Bertz CT molecular complexity index is 817. The summed E-state index contributed by atoms with van der Waals surface area (Å²) in [6.45, 7) is 0. The fourth-order valence-corrected chi connectivity index (χ4v) is 3.10. The summed E-state index contributed by atoms with van der Waals surface area (Å²) in [5.74, 6) is 1.12. The van der Waals surface area contributed by atoms with Gasteiger partial charge in [0.05, 0.1) is 24.7 Å². The summed E-state index contributed by atoms with van der Waals surface area (Å²) in [5, 5.41) is 0. The maximum absolute atomic E-state index is 13.7. The molecule has 0 radical (unpaired) electrons. The van der Waals surface area contributed by atoms with Crippen LogP contribution in [0.25, 0.3) is 6.08 Å². The molecule has 2 aromatic rings. The molecule has 0 spiro atoms. The maximum atomic E-state index is 13.7. The van der Waals surface area contributed by atoms with E-state index < -0.39 is 5.82 Å². The first-order valence-corrected chi connectivity index (χ1v) is 8.14. The van der Waals surface area contributed by atoms with Crippen molar-refractivity contribution in [2.75, 3.05) is 20.2 Å². The number of rotatable bonds is 5. The molecule has 0 atom stereocenters. The van der Waals surface area contributed by atoms with E-state index >= 15 is 0 Å². The standard InChI is InChI=1S/C18H15FO4S/c1-21-15-6-4-11(7-13(15)19)3-5-14(20)12-8-17-18(24-10-23-17)9-16(12)22-2/h3-9H,10H2,1-2H3/b5-3+. The van der Waals surface area contributed by atoms with E-state index in [1.165, 1.54) is 32.4 Å². The zero-order valence-corrected chi connectivity index (χ0v) is 14.0. The summed E-state index contributed by atoms with van der Waals surface area (Å²) in [6.07, 6.45) is 2.93. The van der Waals surface area contributed by atoms with Crippen LogP contribution in [0.4, 0.5) is 4.39 Å². The number of thioether (sulfide) groups is 1. The van der Waals surface area contributed by atoms with Crippen LogP contribution in [-0.2, 0) is 0 Å². The van der Waals surface area contributed by atoms with Gasteiger partial charge in [-0.05, 0) is 35.9 Å². The van der Waals surface area contributed by atoms with Gasteiger partial charge >= 0.3 is 0 Å². The lowest BCUT2D eigenvalue weighted by Gasteiger charge is -2.08. The number of allylic oxidation sites excluding steroid dienone is 1. The zero-order valence-electron chi connectivity index (χ0n) is 13.2. The molecule has 1 aliphatic rings. The van der Waals surface area contributed by atoms with Gasteiger partial charge in [0, 0.05) is 0 Å². The lowest BCUT2D eigenvalue weighted by atomic mass is 10.1. The Morgan fingerprint density at radius 2 is 2.00 bits per heavy atom. The van der Waals surface area contributed by atoms with Gasteiger partial charge in [-0.25, -0.2) is 4.39 Å². The molecule has 2 aromatic carbocycles. The SMILES string of the molecule is COc1ccc(/C=C/C(=O)c2cc3c(cc2OC)SCO3)cc1F. The molecule has 24 heavy (non-hydrogen) atoms. The van der Waals surface area contributed by atoms with Gasteiger partial charge in [-0.2, -0.15) is 0 Å². The lowest BCUT2D eigenvalue weighted by molar-refractivity contribution is 0.104. The van der Waals surface area contributed by atoms with Crippen molar-refractivity contribution >= 4 is 23.6 Å². The molecule has 0 saturated carbocycles. The van der Waals surface area contributed by atoms with E-state index in [0.717, 1.165) is 4.90 Å². The molecule has 124 valence electrons. The van der Waals surface area contributed by atoms with Crippen molar-refractivity contribution in [1.82, 2.24) is 0 Å². The van der Waals surface area contributed by atoms with Crippen LogP contribution in [0.2, 0.25) is 0 Å². The molecule has 6 heteroatoms. The van der Waals surface area contributed by atoms with E-state index in [-0.39, 0.29) is 11.5 Å². The van der Waals surface area contributed by atoms with Crippen molar-refractivity contribution in [3.63, 3.8) is 0 Å². The third kappa shape index (κ3) is 3.23. The largest absolute Gasteiger partial charge is 0.496 e. The average Bonchev–Trinajstić information content (AvgIpc) is 3.06. The van der Waals surface area contributed by atoms with Crippen LogP contribution in [0, 0.1) is 5.82 Å². The quantitative estimate of drug-likeness (QED) is 0.600. The number of ether oxygens (including phenoxy) is 3. The molecule has 0 bridgehead atoms. The van der Waals surface area contributed by atoms with Crippen molar-refractivity contribution in [1.29, 1.82) is 0 Å². The normalized spacial score (nSPS) is 12.8. The van der Waals surface area contributed by atoms with Crippen molar-refractivity contribution in [3.8, 4) is 17.2 Å². The van der Waals surface area contributed by atoms with Gasteiger partial charge in [-0.3, -0.25) is 4.79 Å². The van der Waals surface area contributed by atoms with Crippen molar-refractivity contribution < 1.29 is 23.4 Å². The number of halogens is 1. The number of carbonyl (C=O) groups excluding carboxylic acids is 1. The number of hydrogen-bond acceptors (Lipinski definition) is 5. The van der Waals surface area contributed by atoms with Crippen LogP contribution in [0.5, 0.6) is 17.2 Å². The number of methoxy groups -OCH3 is 2. The Morgan fingerprint density at radius 1 is 1.21 bits per heavy atom. The summed E-state index contributed by atoms with van der Waals surface area (Å²) in [7, 11) is 2.92. The fraction of sp³-hybridized carbons (Fsp3) is 0.167. The van der Waals surface area contributed by atoms with Crippen LogP contribution < -0.4 is 14.2 Å². The summed E-state index contributed by atoms with van der Waals surface area (Å²) in [5.41, 5.74) is 0.970. The molecule has 0 unspecified atom stereocenters. The minimum Gasteiger partial charge on any atom is -0.496 e. The zero-order chi connectivity index (χ0) is 17.1. The molecule has 1 heterocycles. The molecular formula is C18H15FO4S. The predicted molar refractivity (Wildman–Crippen MR) is 90.7 cm³/mol. The third-order valence-electron chi connectivity index (χ3n) is 3.56. The van der Waals surface area contributed by atoms with E-state index in [9.17, 15) is 9.18 Å². The highest BCUT2D eigenvalue weighted by atomic mass is 32.2. The second kappa shape index (κ2) is 6.97. The highest BCUT2D eigenvalue weighted by Crippen LogP contribution is 2.40. The second-order valence-electron chi connectivity index (χ2n) is 5.00. The molecule has 0 N–H and O–H groups in total. The van der Waals surface area contributed by atoms with Crippen LogP contribution in [0.1, 0.15) is 15.9 Å². The molecule has 3 rings (SSSR count). The Kier molecular flexibility index (Phi) is 4.76. The number of benzene rings is 2. The van der Waals surface area contributed by atoms with Crippen LogP contribution in [0.3, 0.4) is 0 Å². The highest BCUT2D eigenvalue weighted by Gasteiger charge is 2.19. The van der Waals surface area contributed by atoms with E-state index in [0.29, 0.717) is 28.6 Å². The minimum atomic E-state index is -0.479. The van der Waals surface area contributed by atoms with Crippen LogP contribution in [-0.4, -0.2) is 25.9 Å². The molecule has 0 amide bonds. The summed E-state index contributed by atoms with van der Waals surface area (Å²) >= 11 is 1.55. The van der Waals surface area contributed by atoms with Crippen molar-refractivity contribution in [3.05, 3.63) is 53.4 Å². The summed E-state index contributed by atoms with van der Waals surface area (Å²) in [4.78, 5) is 13.4. The Morgan fingerprint density at radius 3 is 2.71 bits per heavy atom. The van der Waals surface area contributed by atoms with Gasteiger partial charge in [0.15, 0.2) is 17.3 Å². The van der Waals surface area contributed by atoms with Crippen molar-refractivity contribution in [2.45, 2.75) is 4.90 Å². The highest BCUT2D eigenvalue weighted by molar-refractivity contribution is 7.99. The summed E-state index contributed by atoms with van der Waals surface area (Å²) < 4.78 is 29.3. The Labute approximate surface area is 143 Å². The first-order chi connectivity index (χ1) is 11.6. The number of hydrogen-bond donors (Lipinski definition) is 0. The van der Waals surface area contributed by atoms with Gasteiger partial charge in [0.2, 0.25) is 0 Å². The van der Waals surface area contributed by atoms with E-state index in [1.807, 2.05) is 0 Å². The van der Waals surface area contributed by atoms with E-state index in [1.54, 1.807) is 36.0 Å². The van der Waals surface area contributed by atoms with Gasteiger partial charge in [0.25, 0.3) is 0 Å². The number of fused-ring (bicyclic) bond motifs is 1. The third-order valence-corrected chi connectivity index (χ3v) is 4.43. The molecule has 1 aliphatic heterocycles. The first kappa shape index (κ1) is 16.4. The predicted octanol–water partition coefficient (Wildman–Crippen LogP) is 4.18. The maximum Gasteiger partial charge on any atom is 0.189 e. The second-order valence-corrected chi connectivity index (χ2v) is 5.96. The number of carbonyl (C=O) groups is 1. The topological polar surface area (TPSA) is 44.8 Å². The van der Waals surface area contributed by atoms with Gasteiger partial charge in [-0.15, -0.1) is 0 Å². The van der Waals surface area contributed by atoms with E-state index in [2.05, 4.69) is 0 Å². The Hall–Kier alpha value is -2.47. The molecule has 0 aliphatic carbocycles. The fourth-order valence-electron chi connectivity index (χ4n) is 2.33. The molecular weight excluding hydrogens is 331 g/mol. The van der Waals surface area contributed by atoms with Crippen molar-refractivity contribution in [2.24, 2.45) is 0 Å².